The van der Waals surface area contributed by atoms with Crippen LogP contribution in [0.15, 0.2) is 4.99 Å². The summed E-state index contributed by atoms with van der Waals surface area (Å²) in [7, 11) is 0. The fraction of sp³-hybridized carbons (Fsp3) is 0.895. The van der Waals surface area contributed by atoms with Crippen molar-refractivity contribution in [2.45, 2.75) is 58.3 Å². The molecule has 0 atom stereocenters. The van der Waals surface area contributed by atoms with Gasteiger partial charge in [-0.25, -0.2) is 0 Å². The predicted molar refractivity (Wildman–Crippen MR) is 104 cm³/mol. The Kier molecular flexibility index (Phi) is 9.70. The highest BCUT2D eigenvalue weighted by molar-refractivity contribution is 5.80. The van der Waals surface area contributed by atoms with Gasteiger partial charge in [-0.15, -0.1) is 0 Å². The predicted octanol–water partition coefficient (Wildman–Crippen LogP) is 1.72. The third kappa shape index (κ3) is 8.08. The summed E-state index contributed by atoms with van der Waals surface area (Å²) < 4.78 is 0. The fourth-order valence-electron chi connectivity index (χ4n) is 3.70. The van der Waals surface area contributed by atoms with Crippen molar-refractivity contribution >= 4 is 11.9 Å². The number of hydrogen-bond donors (Lipinski definition) is 3. The van der Waals surface area contributed by atoms with E-state index in [1.807, 2.05) is 0 Å². The summed E-state index contributed by atoms with van der Waals surface area (Å²) in [5.41, 5.74) is 0. The number of guanidine groups is 1. The molecule has 144 valence electrons. The first-order valence-electron chi connectivity index (χ1n) is 10.3. The second-order valence-corrected chi connectivity index (χ2v) is 7.22. The molecule has 1 saturated heterocycles. The van der Waals surface area contributed by atoms with Gasteiger partial charge in [-0.05, 0) is 45.7 Å². The van der Waals surface area contributed by atoms with Crippen LogP contribution in [0.5, 0.6) is 0 Å². The maximum atomic E-state index is 12.1. The van der Waals surface area contributed by atoms with E-state index in [9.17, 15) is 4.79 Å². The molecule has 0 bridgehead atoms. The molecule has 0 aromatic carbocycles. The summed E-state index contributed by atoms with van der Waals surface area (Å²) in [5.74, 6) is 1.32. The van der Waals surface area contributed by atoms with Crippen molar-refractivity contribution in [1.82, 2.24) is 20.9 Å². The molecule has 3 N–H and O–H groups in total. The second kappa shape index (κ2) is 12.1. The number of rotatable bonds is 8. The zero-order valence-electron chi connectivity index (χ0n) is 16.0. The molecule has 1 heterocycles. The number of amides is 1. The van der Waals surface area contributed by atoms with Gasteiger partial charge in [0.2, 0.25) is 5.91 Å². The average Bonchev–Trinajstić information content (AvgIpc) is 2.66. The fourth-order valence-corrected chi connectivity index (χ4v) is 3.70. The lowest BCUT2D eigenvalue weighted by Gasteiger charge is -2.25. The smallest absolute Gasteiger partial charge is 0.223 e. The van der Waals surface area contributed by atoms with Crippen LogP contribution >= 0.6 is 0 Å². The third-order valence-electron chi connectivity index (χ3n) is 5.17. The summed E-state index contributed by atoms with van der Waals surface area (Å²) in [6.07, 6.45) is 9.81. The molecule has 6 heteroatoms. The van der Waals surface area contributed by atoms with Crippen molar-refractivity contribution in [3.8, 4) is 0 Å². The Balaban J connectivity index is 1.60. The number of nitrogens with zero attached hydrogens (tertiary/aromatic N) is 2. The van der Waals surface area contributed by atoms with Gasteiger partial charge in [0.15, 0.2) is 5.96 Å². The SMILES string of the molecule is CCNC(=NCCN1CCCCC1)NCCNC(=O)C1CCCCC1. The van der Waals surface area contributed by atoms with Crippen LogP contribution in [0.4, 0.5) is 0 Å². The first kappa shape index (κ1) is 20.0. The van der Waals surface area contributed by atoms with E-state index in [4.69, 9.17) is 0 Å². The van der Waals surface area contributed by atoms with Crippen molar-refractivity contribution in [2.24, 2.45) is 10.9 Å². The summed E-state index contributed by atoms with van der Waals surface area (Å²) in [6.45, 7) is 8.59. The van der Waals surface area contributed by atoms with E-state index in [0.29, 0.717) is 13.1 Å². The van der Waals surface area contributed by atoms with Gasteiger partial charge in [0.25, 0.3) is 0 Å². The van der Waals surface area contributed by atoms with E-state index < -0.39 is 0 Å². The van der Waals surface area contributed by atoms with E-state index in [-0.39, 0.29) is 11.8 Å². The Bertz CT molecular complexity index is 401. The third-order valence-corrected chi connectivity index (χ3v) is 5.17. The number of nitrogens with one attached hydrogen (secondary N) is 3. The van der Waals surface area contributed by atoms with Crippen molar-refractivity contribution < 1.29 is 4.79 Å². The summed E-state index contributed by atoms with van der Waals surface area (Å²) in [4.78, 5) is 19.3. The lowest BCUT2D eigenvalue weighted by Crippen LogP contribution is -2.43. The van der Waals surface area contributed by atoms with Crippen LogP contribution in [0, 0.1) is 5.92 Å². The molecule has 6 nitrogen and oxygen atoms in total. The molecule has 2 rings (SSSR count). The van der Waals surface area contributed by atoms with Gasteiger partial charge in [-0.2, -0.15) is 0 Å². The van der Waals surface area contributed by atoms with Crippen molar-refractivity contribution in [3.05, 3.63) is 0 Å². The number of likely N-dealkylation sites (tertiary alicyclic amines) is 1. The van der Waals surface area contributed by atoms with Crippen molar-refractivity contribution in [3.63, 3.8) is 0 Å². The molecule has 1 amide bonds. The Labute approximate surface area is 153 Å². The molecule has 0 spiro atoms. The Morgan fingerprint density at radius 2 is 1.64 bits per heavy atom. The highest BCUT2D eigenvalue weighted by Crippen LogP contribution is 2.23. The topological polar surface area (TPSA) is 68.8 Å². The minimum absolute atomic E-state index is 0.230. The van der Waals surface area contributed by atoms with Crippen LogP contribution in [0.3, 0.4) is 0 Å². The van der Waals surface area contributed by atoms with E-state index in [1.54, 1.807) is 0 Å². The molecule has 0 aromatic rings. The standard InChI is InChI=1S/C19H37N5O/c1-2-20-19(23-13-16-24-14-7-4-8-15-24)22-12-11-21-18(25)17-9-5-3-6-10-17/h17H,2-16H2,1H3,(H,21,25)(H2,20,22,23). The zero-order valence-corrected chi connectivity index (χ0v) is 16.0. The molecule has 0 aromatic heterocycles. The van der Waals surface area contributed by atoms with Gasteiger partial charge in [0.1, 0.15) is 0 Å². The highest BCUT2D eigenvalue weighted by atomic mass is 16.1. The highest BCUT2D eigenvalue weighted by Gasteiger charge is 2.20. The van der Waals surface area contributed by atoms with Crippen molar-refractivity contribution in [2.75, 3.05) is 45.8 Å². The molecule has 1 aliphatic carbocycles. The van der Waals surface area contributed by atoms with Gasteiger partial charge >= 0.3 is 0 Å². The maximum Gasteiger partial charge on any atom is 0.223 e. The molecular formula is C19H37N5O. The van der Waals surface area contributed by atoms with Crippen LogP contribution in [0.2, 0.25) is 0 Å². The minimum Gasteiger partial charge on any atom is -0.357 e. The molecular weight excluding hydrogens is 314 g/mol. The minimum atomic E-state index is 0.230. The van der Waals surface area contributed by atoms with Gasteiger partial charge < -0.3 is 20.9 Å². The van der Waals surface area contributed by atoms with E-state index >= 15 is 0 Å². The lowest BCUT2D eigenvalue weighted by atomic mass is 9.89. The monoisotopic (exact) mass is 351 g/mol. The van der Waals surface area contributed by atoms with Crippen LogP contribution in [-0.2, 0) is 4.79 Å². The number of hydrogen-bond acceptors (Lipinski definition) is 3. The molecule has 2 aliphatic rings. The summed E-state index contributed by atoms with van der Waals surface area (Å²) >= 11 is 0. The number of aliphatic imine (C=N–C) groups is 1. The van der Waals surface area contributed by atoms with Crippen LogP contribution in [-0.4, -0.2) is 62.6 Å². The zero-order chi connectivity index (χ0) is 17.7. The molecule has 0 radical (unpaired) electrons. The molecule has 0 unspecified atom stereocenters. The quantitative estimate of drug-likeness (QED) is 0.354. The summed E-state index contributed by atoms with van der Waals surface area (Å²) in [5, 5.41) is 9.67. The maximum absolute atomic E-state index is 12.1. The number of piperidine rings is 1. The van der Waals surface area contributed by atoms with Gasteiger partial charge in [-0.3, -0.25) is 9.79 Å². The molecule has 1 aliphatic heterocycles. The first-order valence-corrected chi connectivity index (χ1v) is 10.3. The number of carbonyl (C=O) groups is 1. The van der Waals surface area contributed by atoms with Crippen LogP contribution < -0.4 is 16.0 Å². The second-order valence-electron chi connectivity index (χ2n) is 7.22. The average molecular weight is 352 g/mol. The largest absolute Gasteiger partial charge is 0.357 e. The van der Waals surface area contributed by atoms with Crippen molar-refractivity contribution in [1.29, 1.82) is 0 Å². The van der Waals surface area contributed by atoms with E-state index in [1.165, 1.54) is 51.6 Å². The van der Waals surface area contributed by atoms with Gasteiger partial charge in [0, 0.05) is 32.1 Å². The summed E-state index contributed by atoms with van der Waals surface area (Å²) in [6, 6.07) is 0. The lowest BCUT2D eigenvalue weighted by molar-refractivity contribution is -0.125. The van der Waals surface area contributed by atoms with Crippen LogP contribution in [0.25, 0.3) is 0 Å². The Hall–Kier alpha value is -1.30. The molecule has 1 saturated carbocycles. The number of carbonyl (C=O) groups excluding carboxylic acids is 1. The Morgan fingerprint density at radius 3 is 2.36 bits per heavy atom. The molecule has 2 fully saturated rings. The first-order chi connectivity index (χ1) is 12.3. The van der Waals surface area contributed by atoms with E-state index in [2.05, 4.69) is 32.8 Å². The van der Waals surface area contributed by atoms with Gasteiger partial charge in [-0.1, -0.05) is 25.7 Å². The normalized spacial score (nSPS) is 20.3. The van der Waals surface area contributed by atoms with Crippen LogP contribution in [0.1, 0.15) is 58.3 Å². The Morgan fingerprint density at radius 1 is 0.960 bits per heavy atom. The molecule has 25 heavy (non-hydrogen) atoms. The van der Waals surface area contributed by atoms with Gasteiger partial charge in [0.05, 0.1) is 6.54 Å². The van der Waals surface area contributed by atoms with E-state index in [0.717, 1.165) is 38.4 Å².